The van der Waals surface area contributed by atoms with Crippen molar-refractivity contribution in [2.75, 3.05) is 72.8 Å². The average Bonchev–Trinajstić information content (AvgIpc) is 3.54. The summed E-state index contributed by atoms with van der Waals surface area (Å²) in [7, 11) is -2.67. The van der Waals surface area contributed by atoms with Crippen molar-refractivity contribution in [3.05, 3.63) is 59.9 Å². The summed E-state index contributed by atoms with van der Waals surface area (Å²) in [5, 5.41) is 8.45. The second-order valence-electron chi connectivity index (χ2n) is 9.51. The number of fused-ring (bicyclic) bond motifs is 1. The first-order chi connectivity index (χ1) is 23.9. The zero-order valence-electron chi connectivity index (χ0n) is 28.6. The molecule has 50 heavy (non-hydrogen) atoms. The molecule has 0 aliphatic rings. The van der Waals surface area contributed by atoms with Gasteiger partial charge in [0, 0.05) is 12.0 Å². The predicted molar refractivity (Wildman–Crippen MR) is 193 cm³/mol. The summed E-state index contributed by atoms with van der Waals surface area (Å²) < 4.78 is 60.6. The average molecular weight is 763 g/mol. The van der Waals surface area contributed by atoms with E-state index in [0.29, 0.717) is 42.4 Å². The number of carbonyl (C=O) groups excluding carboxylic acids is 2. The van der Waals surface area contributed by atoms with Crippen LogP contribution in [0.1, 0.15) is 19.4 Å². The van der Waals surface area contributed by atoms with E-state index in [1.165, 1.54) is 18.9 Å². The van der Waals surface area contributed by atoms with Crippen LogP contribution in [-0.4, -0.2) is 103 Å². The Bertz CT molecular complexity index is 1580. The standard InChI is InChI=1S/C15H20N6O6S2.C14H21FO3S.C2H6/c1-26-14(23)5-19-13(22)7-21(17)6-9(16)8-27-10-2-3-11-12(4-10)28-15(20-11)29(18,24)25;1-19-12-13-3-2-4-14(11-13)18-10-9-17-8-7-16-6-5-15;1-2/h2-4,6H,5,7-8,16-17H2,1H3,(H,19,22)(H2,18,24,25);2-4,11H,5-10,12H2,1H3;1-2H3/b9-6-;;. The minimum absolute atomic E-state index is 0.0379. The third-order valence-corrected chi connectivity index (χ3v) is 8.56. The number of nitrogens with two attached hydrogens (primary N) is 3. The van der Waals surface area contributed by atoms with Crippen LogP contribution in [0.15, 0.2) is 58.7 Å². The maximum absolute atomic E-state index is 11.7. The fourth-order valence-corrected chi connectivity index (χ4v) is 5.71. The Morgan fingerprint density at radius 3 is 2.38 bits per heavy atom. The van der Waals surface area contributed by atoms with Crippen LogP contribution in [0.5, 0.6) is 11.5 Å². The molecule has 0 spiro atoms. The number of halogens is 1. The predicted octanol–water partition coefficient (Wildman–Crippen LogP) is 2.54. The summed E-state index contributed by atoms with van der Waals surface area (Å²) >= 11 is 2.71. The van der Waals surface area contributed by atoms with E-state index < -0.39 is 28.6 Å². The van der Waals surface area contributed by atoms with Crippen molar-refractivity contribution in [1.82, 2.24) is 15.3 Å². The minimum Gasteiger partial charge on any atom is -0.491 e. The number of alkyl halides is 1. The summed E-state index contributed by atoms with van der Waals surface area (Å²) in [5.74, 6) is 6.87. The molecular weight excluding hydrogens is 716 g/mol. The number of ether oxygens (including phenoxy) is 5. The van der Waals surface area contributed by atoms with Crippen molar-refractivity contribution in [1.29, 1.82) is 0 Å². The molecule has 0 saturated heterocycles. The van der Waals surface area contributed by atoms with E-state index in [9.17, 15) is 22.4 Å². The molecule has 15 nitrogen and oxygen atoms in total. The van der Waals surface area contributed by atoms with Crippen LogP contribution < -0.4 is 31.5 Å². The number of methoxy groups -OCH3 is 1. The monoisotopic (exact) mass is 762 g/mol. The van der Waals surface area contributed by atoms with Gasteiger partial charge >= 0.3 is 5.97 Å². The normalized spacial score (nSPS) is 11.1. The van der Waals surface area contributed by atoms with Crippen molar-refractivity contribution in [3.8, 4) is 11.5 Å². The first-order valence-electron chi connectivity index (χ1n) is 15.2. The largest absolute Gasteiger partial charge is 0.491 e. The van der Waals surface area contributed by atoms with E-state index in [1.807, 2.05) is 32.0 Å². The summed E-state index contributed by atoms with van der Waals surface area (Å²) in [5.41, 5.74) is 7.77. The van der Waals surface area contributed by atoms with Gasteiger partial charge in [-0.15, -0.1) is 11.3 Å². The molecule has 0 saturated carbocycles. The van der Waals surface area contributed by atoms with Crippen LogP contribution >= 0.6 is 23.1 Å². The van der Waals surface area contributed by atoms with Gasteiger partial charge in [-0.2, -0.15) is 11.8 Å². The number of hydrogen-bond acceptors (Lipinski definition) is 15. The maximum Gasteiger partial charge on any atom is 0.325 e. The fourth-order valence-electron chi connectivity index (χ4n) is 3.51. The number of thiazole rings is 1. The second-order valence-corrected chi connectivity index (χ2v) is 13.1. The lowest BCUT2D eigenvalue weighted by Crippen LogP contribution is -2.40. The number of aromatic nitrogens is 1. The van der Waals surface area contributed by atoms with Gasteiger partial charge in [0.25, 0.3) is 10.0 Å². The molecule has 0 radical (unpaired) electrons. The van der Waals surface area contributed by atoms with E-state index in [1.54, 1.807) is 30.0 Å². The first kappa shape index (κ1) is 44.3. The third kappa shape index (κ3) is 18.9. The molecule has 3 rings (SSSR count). The Balaban J connectivity index is 0.000000516. The van der Waals surface area contributed by atoms with Crippen LogP contribution in [0, 0.1) is 0 Å². The van der Waals surface area contributed by atoms with Gasteiger partial charge in [-0.3, -0.25) is 9.59 Å². The van der Waals surface area contributed by atoms with Crippen LogP contribution in [0.4, 0.5) is 4.39 Å². The molecule has 0 fully saturated rings. The quantitative estimate of drug-likeness (QED) is 0.0563. The molecule has 1 heterocycles. The third-order valence-electron chi connectivity index (χ3n) is 5.60. The Kier molecular flexibility index (Phi) is 22.4. The lowest BCUT2D eigenvalue weighted by atomic mass is 10.2. The van der Waals surface area contributed by atoms with Gasteiger partial charge in [0.2, 0.25) is 10.2 Å². The highest BCUT2D eigenvalue weighted by atomic mass is 32.2. The smallest absolute Gasteiger partial charge is 0.325 e. The van der Waals surface area contributed by atoms with E-state index in [0.717, 1.165) is 27.8 Å². The number of hydrogen-bond donors (Lipinski definition) is 4. The molecule has 3 aromatic rings. The molecule has 0 bridgehead atoms. The number of nitrogens with zero attached hydrogens (tertiary/aromatic N) is 2. The lowest BCUT2D eigenvalue weighted by Gasteiger charge is -2.15. The molecule has 19 heteroatoms. The van der Waals surface area contributed by atoms with Gasteiger partial charge < -0.3 is 39.7 Å². The highest BCUT2D eigenvalue weighted by Gasteiger charge is 2.15. The van der Waals surface area contributed by atoms with Crippen LogP contribution in [-0.2, 0) is 39.6 Å². The van der Waals surface area contributed by atoms with E-state index >= 15 is 0 Å². The molecule has 280 valence electrons. The van der Waals surface area contributed by atoms with Gasteiger partial charge in [-0.05, 0) is 42.2 Å². The second kappa shape index (κ2) is 25.3. The number of amides is 1. The number of primary sulfonamides is 1. The Hall–Kier alpha value is -3.72. The summed E-state index contributed by atoms with van der Waals surface area (Å²) in [6, 6.07) is 12.9. The number of carbonyl (C=O) groups is 2. The zero-order valence-corrected chi connectivity index (χ0v) is 31.0. The van der Waals surface area contributed by atoms with Gasteiger partial charge in [0.05, 0.1) is 49.5 Å². The number of nitrogens with one attached hydrogen (secondary N) is 1. The number of rotatable bonds is 20. The van der Waals surface area contributed by atoms with E-state index in [4.69, 9.17) is 35.7 Å². The van der Waals surface area contributed by atoms with Crippen molar-refractivity contribution >= 4 is 55.2 Å². The van der Waals surface area contributed by atoms with Crippen molar-refractivity contribution in [2.45, 2.75) is 23.9 Å². The van der Waals surface area contributed by atoms with Gasteiger partial charge in [0.15, 0.2) is 0 Å². The van der Waals surface area contributed by atoms with E-state index in [-0.39, 0.29) is 36.3 Å². The van der Waals surface area contributed by atoms with Crippen LogP contribution in [0.2, 0.25) is 0 Å². The fraction of sp³-hybridized carbons (Fsp3) is 0.452. The van der Waals surface area contributed by atoms with Crippen molar-refractivity contribution in [3.63, 3.8) is 0 Å². The SMILES string of the molecule is CC.COC(=O)CNC(=O)CN(N)/C=C(\N)COc1ccc2nc(S(N)(=O)=O)sc2c1.CSCc1cccc(OCCOCCOCCF)c1. The lowest BCUT2D eigenvalue weighted by molar-refractivity contribution is -0.141. The zero-order chi connectivity index (χ0) is 37.4. The Labute approximate surface area is 300 Å². The molecule has 0 aliphatic heterocycles. The molecule has 2 aromatic carbocycles. The summed E-state index contributed by atoms with van der Waals surface area (Å²) in [6.07, 6.45) is 3.38. The Morgan fingerprint density at radius 2 is 1.72 bits per heavy atom. The number of esters is 1. The summed E-state index contributed by atoms with van der Waals surface area (Å²) in [6.45, 7) is 5.06. The van der Waals surface area contributed by atoms with Crippen molar-refractivity contribution < 1.29 is 46.1 Å². The molecule has 0 unspecified atom stereocenters. The molecule has 7 N–H and O–H groups in total. The molecule has 1 aromatic heterocycles. The molecule has 0 atom stereocenters. The topological polar surface area (TPSA) is 221 Å². The van der Waals surface area contributed by atoms with Crippen LogP contribution in [0.25, 0.3) is 10.2 Å². The highest BCUT2D eigenvalue weighted by molar-refractivity contribution is 7.97. The number of hydrazine groups is 1. The Morgan fingerprint density at radius 1 is 1.04 bits per heavy atom. The van der Waals surface area contributed by atoms with Gasteiger partial charge in [-0.25, -0.2) is 28.8 Å². The number of benzene rings is 2. The molecule has 0 aliphatic carbocycles. The summed E-state index contributed by atoms with van der Waals surface area (Å²) in [4.78, 5) is 26.5. The van der Waals surface area contributed by atoms with Gasteiger partial charge in [-0.1, -0.05) is 26.0 Å². The number of sulfonamides is 1. The highest BCUT2D eigenvalue weighted by Crippen LogP contribution is 2.28. The van der Waals surface area contributed by atoms with Gasteiger partial charge in [0.1, 0.15) is 44.5 Å². The first-order valence-corrected chi connectivity index (χ1v) is 19.0. The molecule has 1 amide bonds. The van der Waals surface area contributed by atoms with Crippen molar-refractivity contribution in [2.24, 2.45) is 16.7 Å². The van der Waals surface area contributed by atoms with Crippen LogP contribution in [0.3, 0.4) is 0 Å². The number of thioether (sulfide) groups is 1. The minimum atomic E-state index is -3.88. The molecular formula is C31H47FN6O9S3. The maximum atomic E-state index is 11.7. The van der Waals surface area contributed by atoms with E-state index in [2.05, 4.69) is 27.4 Å².